The van der Waals surface area contributed by atoms with Crippen molar-refractivity contribution in [1.29, 1.82) is 0 Å². The molecule has 0 unspecified atom stereocenters. The van der Waals surface area contributed by atoms with Crippen molar-refractivity contribution in [2.45, 2.75) is 31.3 Å². The molecule has 2 aliphatic rings. The molecule has 2 aliphatic heterocycles. The molecule has 5 nitrogen and oxygen atoms in total. The lowest BCUT2D eigenvalue weighted by Crippen LogP contribution is -2.49. The molecule has 0 atom stereocenters. The predicted molar refractivity (Wildman–Crippen MR) is 75.1 cm³/mol. The average molecular weight is 275 g/mol. The van der Waals surface area contributed by atoms with Crippen LogP contribution in [0.4, 0.5) is 4.79 Å². The lowest BCUT2D eigenvalue weighted by Gasteiger charge is -2.39. The second-order valence-electron chi connectivity index (χ2n) is 5.71. The third-order valence-electron chi connectivity index (χ3n) is 4.38. The highest BCUT2D eigenvalue weighted by Gasteiger charge is 2.37. The van der Waals surface area contributed by atoms with E-state index in [2.05, 4.69) is 4.98 Å². The number of carbonyl (C=O) groups excluding carboxylic acids is 1. The van der Waals surface area contributed by atoms with Gasteiger partial charge in [0, 0.05) is 32.4 Å². The minimum Gasteiger partial charge on any atom is -0.383 e. The van der Waals surface area contributed by atoms with Crippen molar-refractivity contribution < 1.29 is 9.90 Å². The number of piperidine rings is 1. The highest BCUT2D eigenvalue weighted by molar-refractivity contribution is 5.74. The van der Waals surface area contributed by atoms with Gasteiger partial charge in [0.2, 0.25) is 0 Å². The van der Waals surface area contributed by atoms with Gasteiger partial charge in [-0.05, 0) is 37.8 Å². The zero-order valence-corrected chi connectivity index (χ0v) is 11.7. The smallest absolute Gasteiger partial charge is 0.320 e. The van der Waals surface area contributed by atoms with Crippen molar-refractivity contribution in [3.05, 3.63) is 30.1 Å². The van der Waals surface area contributed by atoms with E-state index in [-0.39, 0.29) is 6.03 Å². The van der Waals surface area contributed by atoms with Gasteiger partial charge in [0.1, 0.15) is 5.60 Å². The fourth-order valence-corrected chi connectivity index (χ4v) is 3.07. The molecule has 1 N–H and O–H groups in total. The van der Waals surface area contributed by atoms with E-state index >= 15 is 0 Å². The summed E-state index contributed by atoms with van der Waals surface area (Å²) in [5, 5.41) is 10.7. The van der Waals surface area contributed by atoms with Gasteiger partial charge < -0.3 is 14.9 Å². The Labute approximate surface area is 119 Å². The van der Waals surface area contributed by atoms with Crippen LogP contribution in [0.25, 0.3) is 0 Å². The fraction of sp³-hybridized carbons (Fsp3) is 0.600. The molecule has 3 rings (SSSR count). The van der Waals surface area contributed by atoms with Gasteiger partial charge in [0.15, 0.2) is 0 Å². The van der Waals surface area contributed by atoms with E-state index in [1.165, 1.54) is 0 Å². The number of nitrogens with zero attached hydrogens (tertiary/aromatic N) is 3. The zero-order chi connectivity index (χ0) is 14.0. The minimum absolute atomic E-state index is 0.130. The highest BCUT2D eigenvalue weighted by atomic mass is 16.3. The number of aromatic nitrogens is 1. The second-order valence-corrected chi connectivity index (χ2v) is 5.71. The molecular weight excluding hydrogens is 254 g/mol. The van der Waals surface area contributed by atoms with Gasteiger partial charge in [-0.1, -0.05) is 6.07 Å². The van der Waals surface area contributed by atoms with E-state index < -0.39 is 5.60 Å². The van der Waals surface area contributed by atoms with Crippen molar-refractivity contribution in [3.8, 4) is 0 Å². The normalized spacial score (nSPS) is 22.1. The van der Waals surface area contributed by atoms with Crippen LogP contribution in [0.15, 0.2) is 24.4 Å². The fourth-order valence-electron chi connectivity index (χ4n) is 3.07. The van der Waals surface area contributed by atoms with Crippen LogP contribution in [0, 0.1) is 0 Å². The van der Waals surface area contributed by atoms with Gasteiger partial charge in [-0.25, -0.2) is 4.79 Å². The molecule has 1 aromatic rings. The van der Waals surface area contributed by atoms with Crippen molar-refractivity contribution in [1.82, 2.24) is 14.8 Å². The SMILES string of the molecule is O=C(N1CCCC1)N1CCC(O)(c2ccccn2)CC1. The average Bonchev–Trinajstić information content (AvgIpc) is 3.02. The molecule has 0 radical (unpaired) electrons. The Morgan fingerprint density at radius 1 is 1.10 bits per heavy atom. The first-order valence-electron chi connectivity index (χ1n) is 7.37. The molecule has 0 spiro atoms. The predicted octanol–water partition coefficient (Wildman–Crippen LogP) is 1.58. The van der Waals surface area contributed by atoms with Crippen molar-refractivity contribution in [2.75, 3.05) is 26.2 Å². The number of likely N-dealkylation sites (tertiary alicyclic amines) is 2. The molecule has 108 valence electrons. The molecule has 2 fully saturated rings. The Hall–Kier alpha value is -1.62. The molecule has 0 bridgehead atoms. The summed E-state index contributed by atoms with van der Waals surface area (Å²) in [5.74, 6) is 0. The van der Waals surface area contributed by atoms with Gasteiger partial charge in [0.05, 0.1) is 5.69 Å². The zero-order valence-electron chi connectivity index (χ0n) is 11.7. The second kappa shape index (κ2) is 5.40. The van der Waals surface area contributed by atoms with E-state index in [1.54, 1.807) is 6.20 Å². The van der Waals surface area contributed by atoms with E-state index in [0.717, 1.165) is 25.9 Å². The summed E-state index contributed by atoms with van der Waals surface area (Å²) in [6.45, 7) is 2.95. The first kappa shape index (κ1) is 13.4. The minimum atomic E-state index is -0.886. The lowest BCUT2D eigenvalue weighted by molar-refractivity contribution is -0.0228. The Bertz CT molecular complexity index is 463. The molecule has 5 heteroatoms. The molecule has 2 saturated heterocycles. The van der Waals surface area contributed by atoms with Crippen LogP contribution in [-0.4, -0.2) is 52.1 Å². The molecule has 3 heterocycles. The summed E-state index contributed by atoms with van der Waals surface area (Å²) in [5.41, 5.74) is -0.170. The summed E-state index contributed by atoms with van der Waals surface area (Å²) in [7, 11) is 0. The lowest BCUT2D eigenvalue weighted by atomic mass is 9.88. The maximum Gasteiger partial charge on any atom is 0.320 e. The third-order valence-corrected chi connectivity index (χ3v) is 4.38. The summed E-state index contributed by atoms with van der Waals surface area (Å²) >= 11 is 0. The number of urea groups is 1. The van der Waals surface area contributed by atoms with Crippen molar-refractivity contribution >= 4 is 6.03 Å². The summed E-state index contributed by atoms with van der Waals surface area (Å²) in [4.78, 5) is 20.3. The van der Waals surface area contributed by atoms with E-state index in [1.807, 2.05) is 28.0 Å². The summed E-state index contributed by atoms with van der Waals surface area (Å²) in [6.07, 6.45) is 5.04. The maximum absolute atomic E-state index is 12.3. The number of hydrogen-bond donors (Lipinski definition) is 1. The first-order chi connectivity index (χ1) is 9.69. The standard InChI is InChI=1S/C15H21N3O2/c19-14(17-9-3-4-10-17)18-11-6-15(20,7-12-18)13-5-1-2-8-16-13/h1-2,5,8,20H,3-4,6-7,9-12H2. The Morgan fingerprint density at radius 2 is 1.75 bits per heavy atom. The molecule has 0 aliphatic carbocycles. The van der Waals surface area contributed by atoms with Crippen molar-refractivity contribution in [3.63, 3.8) is 0 Å². The number of aliphatic hydroxyl groups is 1. The Balaban J connectivity index is 1.63. The van der Waals surface area contributed by atoms with Gasteiger partial charge in [0.25, 0.3) is 0 Å². The number of carbonyl (C=O) groups is 1. The molecule has 2 amide bonds. The van der Waals surface area contributed by atoms with Gasteiger partial charge in [-0.2, -0.15) is 0 Å². The topological polar surface area (TPSA) is 56.7 Å². The highest BCUT2D eigenvalue weighted by Crippen LogP contribution is 2.31. The molecule has 1 aromatic heterocycles. The van der Waals surface area contributed by atoms with Crippen LogP contribution >= 0.6 is 0 Å². The third kappa shape index (κ3) is 2.50. The van der Waals surface area contributed by atoms with Crippen LogP contribution in [0.1, 0.15) is 31.4 Å². The van der Waals surface area contributed by atoms with E-state index in [0.29, 0.717) is 31.6 Å². The van der Waals surface area contributed by atoms with Gasteiger partial charge >= 0.3 is 6.03 Å². The number of amides is 2. The van der Waals surface area contributed by atoms with E-state index in [9.17, 15) is 9.90 Å². The number of hydrogen-bond acceptors (Lipinski definition) is 3. The molecule has 0 aromatic carbocycles. The van der Waals surface area contributed by atoms with Gasteiger partial charge in [-0.3, -0.25) is 4.98 Å². The van der Waals surface area contributed by atoms with Gasteiger partial charge in [-0.15, -0.1) is 0 Å². The Morgan fingerprint density at radius 3 is 2.35 bits per heavy atom. The summed E-state index contributed by atoms with van der Waals surface area (Å²) in [6, 6.07) is 5.73. The monoisotopic (exact) mass is 275 g/mol. The number of pyridine rings is 1. The molecule has 0 saturated carbocycles. The van der Waals surface area contributed by atoms with Crippen LogP contribution in [0.5, 0.6) is 0 Å². The van der Waals surface area contributed by atoms with E-state index in [4.69, 9.17) is 0 Å². The van der Waals surface area contributed by atoms with Crippen LogP contribution in [0.3, 0.4) is 0 Å². The molecular formula is C15H21N3O2. The largest absolute Gasteiger partial charge is 0.383 e. The molecule has 20 heavy (non-hydrogen) atoms. The van der Waals surface area contributed by atoms with Crippen molar-refractivity contribution in [2.24, 2.45) is 0 Å². The quantitative estimate of drug-likeness (QED) is 0.846. The Kier molecular flexibility index (Phi) is 3.61. The van der Waals surface area contributed by atoms with Crippen LogP contribution in [0.2, 0.25) is 0 Å². The van der Waals surface area contributed by atoms with Crippen LogP contribution in [-0.2, 0) is 5.60 Å². The first-order valence-corrected chi connectivity index (χ1v) is 7.37. The summed E-state index contributed by atoms with van der Waals surface area (Å²) < 4.78 is 0. The maximum atomic E-state index is 12.3. The number of rotatable bonds is 1. The van der Waals surface area contributed by atoms with Crippen LogP contribution < -0.4 is 0 Å².